The highest BCUT2D eigenvalue weighted by molar-refractivity contribution is 6.29. The lowest BCUT2D eigenvalue weighted by Gasteiger charge is -2.18. The summed E-state index contributed by atoms with van der Waals surface area (Å²) in [4.78, 5) is 27.8. The van der Waals surface area contributed by atoms with Gasteiger partial charge in [0.25, 0.3) is 5.91 Å². The Kier molecular flexibility index (Phi) is 5.95. The van der Waals surface area contributed by atoms with Gasteiger partial charge in [0.1, 0.15) is 11.2 Å². The molecule has 0 radical (unpaired) electrons. The third-order valence-electron chi connectivity index (χ3n) is 2.68. The van der Waals surface area contributed by atoms with Crippen LogP contribution in [0.3, 0.4) is 0 Å². The SMILES string of the molecule is COC(=O)C(CC(C)C)NC(=O)c1cc(C)nc(Cl)c1. The van der Waals surface area contributed by atoms with Crippen molar-refractivity contribution in [3.63, 3.8) is 0 Å². The normalized spacial score (nSPS) is 12.1. The maximum Gasteiger partial charge on any atom is 0.328 e. The van der Waals surface area contributed by atoms with E-state index in [1.165, 1.54) is 13.2 Å². The molecule has 1 rings (SSSR count). The van der Waals surface area contributed by atoms with Crippen LogP contribution in [0.1, 0.15) is 36.3 Å². The second kappa shape index (κ2) is 7.24. The fraction of sp³-hybridized carbons (Fsp3) is 0.500. The zero-order valence-corrected chi connectivity index (χ0v) is 12.8. The van der Waals surface area contributed by atoms with Gasteiger partial charge >= 0.3 is 5.97 Å². The lowest BCUT2D eigenvalue weighted by molar-refractivity contribution is -0.143. The number of hydrogen-bond acceptors (Lipinski definition) is 4. The van der Waals surface area contributed by atoms with Crippen LogP contribution in [0.5, 0.6) is 0 Å². The second-order valence-corrected chi connectivity index (χ2v) is 5.39. The topological polar surface area (TPSA) is 68.3 Å². The number of esters is 1. The molecule has 5 nitrogen and oxygen atoms in total. The average Bonchev–Trinajstić information content (AvgIpc) is 2.35. The molecule has 20 heavy (non-hydrogen) atoms. The van der Waals surface area contributed by atoms with Gasteiger partial charge in [0.15, 0.2) is 0 Å². The molecule has 0 spiro atoms. The van der Waals surface area contributed by atoms with Crippen LogP contribution in [-0.2, 0) is 9.53 Å². The second-order valence-electron chi connectivity index (χ2n) is 5.00. The monoisotopic (exact) mass is 298 g/mol. The Morgan fingerprint density at radius 3 is 2.55 bits per heavy atom. The summed E-state index contributed by atoms with van der Waals surface area (Å²) >= 11 is 5.82. The minimum atomic E-state index is -0.667. The quantitative estimate of drug-likeness (QED) is 0.669. The van der Waals surface area contributed by atoms with Crippen molar-refractivity contribution < 1.29 is 14.3 Å². The van der Waals surface area contributed by atoms with E-state index in [-0.39, 0.29) is 17.0 Å². The standard InChI is InChI=1S/C14H19ClN2O3/c1-8(2)5-11(14(19)20-4)17-13(18)10-6-9(3)16-12(15)7-10/h6-8,11H,5H2,1-4H3,(H,17,18). The van der Waals surface area contributed by atoms with E-state index < -0.39 is 12.0 Å². The first-order chi connectivity index (χ1) is 9.33. The highest BCUT2D eigenvalue weighted by atomic mass is 35.5. The first-order valence-electron chi connectivity index (χ1n) is 6.36. The zero-order chi connectivity index (χ0) is 15.3. The largest absolute Gasteiger partial charge is 0.467 e. The first-order valence-corrected chi connectivity index (χ1v) is 6.74. The van der Waals surface area contributed by atoms with Crippen LogP contribution >= 0.6 is 11.6 Å². The highest BCUT2D eigenvalue weighted by Gasteiger charge is 2.23. The van der Waals surface area contributed by atoms with E-state index in [0.717, 1.165) is 0 Å². The number of aromatic nitrogens is 1. The minimum Gasteiger partial charge on any atom is -0.467 e. The number of ether oxygens (including phenoxy) is 1. The molecular formula is C14H19ClN2O3. The molecule has 0 aliphatic rings. The number of amides is 1. The summed E-state index contributed by atoms with van der Waals surface area (Å²) in [5.41, 5.74) is 1.02. The van der Waals surface area contributed by atoms with E-state index >= 15 is 0 Å². The molecule has 1 unspecified atom stereocenters. The van der Waals surface area contributed by atoms with Crippen molar-refractivity contribution in [2.75, 3.05) is 7.11 Å². The average molecular weight is 299 g/mol. The molecule has 0 saturated heterocycles. The van der Waals surface area contributed by atoms with E-state index in [1.807, 2.05) is 13.8 Å². The Balaban J connectivity index is 2.87. The molecule has 0 saturated carbocycles. The van der Waals surface area contributed by atoms with Gasteiger partial charge < -0.3 is 10.1 Å². The molecule has 1 heterocycles. The van der Waals surface area contributed by atoms with E-state index in [1.54, 1.807) is 13.0 Å². The van der Waals surface area contributed by atoms with Crippen molar-refractivity contribution in [3.8, 4) is 0 Å². The molecule has 1 amide bonds. The van der Waals surface area contributed by atoms with Gasteiger partial charge in [-0.2, -0.15) is 0 Å². The number of carbonyl (C=O) groups excluding carboxylic acids is 2. The summed E-state index contributed by atoms with van der Waals surface area (Å²) < 4.78 is 4.71. The summed E-state index contributed by atoms with van der Waals surface area (Å²) in [6.07, 6.45) is 0.510. The van der Waals surface area contributed by atoms with Crippen LogP contribution in [-0.4, -0.2) is 30.0 Å². The molecule has 0 aliphatic carbocycles. The van der Waals surface area contributed by atoms with Crippen LogP contribution in [0, 0.1) is 12.8 Å². The summed E-state index contributed by atoms with van der Waals surface area (Å²) in [6.45, 7) is 5.68. The highest BCUT2D eigenvalue weighted by Crippen LogP contribution is 2.12. The third kappa shape index (κ3) is 4.81. The summed E-state index contributed by atoms with van der Waals surface area (Å²) in [5.74, 6) is -0.570. The van der Waals surface area contributed by atoms with Crippen molar-refractivity contribution in [3.05, 3.63) is 28.5 Å². The summed E-state index contributed by atoms with van der Waals surface area (Å²) in [7, 11) is 1.30. The predicted octanol–water partition coefficient (Wildman–Crippen LogP) is 2.36. The van der Waals surface area contributed by atoms with Gasteiger partial charge in [0.2, 0.25) is 0 Å². The van der Waals surface area contributed by atoms with Gasteiger partial charge in [0.05, 0.1) is 7.11 Å². The molecule has 0 fully saturated rings. The lowest BCUT2D eigenvalue weighted by atomic mass is 10.0. The van der Waals surface area contributed by atoms with E-state index in [4.69, 9.17) is 16.3 Å². The van der Waals surface area contributed by atoms with Gasteiger partial charge in [-0.05, 0) is 31.4 Å². The number of nitrogens with zero attached hydrogens (tertiary/aromatic N) is 1. The van der Waals surface area contributed by atoms with Crippen LogP contribution in [0.4, 0.5) is 0 Å². The first kappa shape index (κ1) is 16.4. The number of pyridine rings is 1. The lowest BCUT2D eigenvalue weighted by Crippen LogP contribution is -2.42. The van der Waals surface area contributed by atoms with Gasteiger partial charge in [-0.25, -0.2) is 9.78 Å². The maximum absolute atomic E-state index is 12.2. The fourth-order valence-corrected chi connectivity index (χ4v) is 2.08. The molecule has 110 valence electrons. The molecule has 1 aromatic heterocycles. The smallest absolute Gasteiger partial charge is 0.328 e. The number of nitrogens with one attached hydrogen (secondary N) is 1. The fourth-order valence-electron chi connectivity index (χ4n) is 1.83. The third-order valence-corrected chi connectivity index (χ3v) is 2.88. The van der Waals surface area contributed by atoms with Gasteiger partial charge in [-0.15, -0.1) is 0 Å². The van der Waals surface area contributed by atoms with E-state index in [2.05, 4.69) is 10.3 Å². The number of methoxy groups -OCH3 is 1. The molecule has 1 aromatic rings. The van der Waals surface area contributed by atoms with Crippen LogP contribution in [0.2, 0.25) is 5.15 Å². The molecule has 0 aromatic carbocycles. The van der Waals surface area contributed by atoms with Crippen molar-refractivity contribution in [1.29, 1.82) is 0 Å². The molecule has 1 N–H and O–H groups in total. The molecule has 6 heteroatoms. The van der Waals surface area contributed by atoms with Crippen molar-refractivity contribution in [2.45, 2.75) is 33.2 Å². The molecule has 0 bridgehead atoms. The number of carbonyl (C=O) groups is 2. The predicted molar refractivity (Wildman–Crippen MR) is 76.7 cm³/mol. The number of hydrogen-bond donors (Lipinski definition) is 1. The Hall–Kier alpha value is -1.62. The molecule has 1 atom stereocenters. The zero-order valence-electron chi connectivity index (χ0n) is 12.1. The Labute approximate surface area is 123 Å². The molecule has 0 aliphatic heterocycles. The summed E-state index contributed by atoms with van der Waals surface area (Å²) in [5, 5.41) is 2.91. The van der Waals surface area contributed by atoms with Crippen LogP contribution < -0.4 is 5.32 Å². The molecular weight excluding hydrogens is 280 g/mol. The Bertz CT molecular complexity index is 483. The number of halogens is 1. The van der Waals surface area contributed by atoms with Gasteiger partial charge in [-0.1, -0.05) is 25.4 Å². The van der Waals surface area contributed by atoms with Crippen molar-refractivity contribution in [1.82, 2.24) is 10.3 Å². The summed E-state index contributed by atoms with van der Waals surface area (Å²) in [6, 6.07) is 2.41. The van der Waals surface area contributed by atoms with Crippen molar-refractivity contribution >= 4 is 23.5 Å². The van der Waals surface area contributed by atoms with Crippen LogP contribution in [0.15, 0.2) is 12.1 Å². The van der Waals surface area contributed by atoms with E-state index in [9.17, 15) is 9.59 Å². The number of aryl methyl sites for hydroxylation is 1. The van der Waals surface area contributed by atoms with Gasteiger partial charge in [0, 0.05) is 11.3 Å². The Morgan fingerprint density at radius 2 is 2.05 bits per heavy atom. The minimum absolute atomic E-state index is 0.244. The van der Waals surface area contributed by atoms with Crippen molar-refractivity contribution in [2.24, 2.45) is 5.92 Å². The van der Waals surface area contributed by atoms with E-state index in [0.29, 0.717) is 17.7 Å². The van der Waals surface area contributed by atoms with Gasteiger partial charge in [-0.3, -0.25) is 4.79 Å². The van der Waals surface area contributed by atoms with Crippen LogP contribution in [0.25, 0.3) is 0 Å². The maximum atomic E-state index is 12.2. The Morgan fingerprint density at radius 1 is 1.40 bits per heavy atom. The number of rotatable bonds is 5.